The van der Waals surface area contributed by atoms with Crippen LogP contribution < -0.4 is 4.72 Å². The Bertz CT molecular complexity index is 673. The summed E-state index contributed by atoms with van der Waals surface area (Å²) in [6, 6.07) is 0.589. The molecule has 0 aliphatic rings. The van der Waals surface area contributed by atoms with Gasteiger partial charge in [0.25, 0.3) is 0 Å². The van der Waals surface area contributed by atoms with E-state index in [1.807, 2.05) is 0 Å². The van der Waals surface area contributed by atoms with Crippen LogP contribution in [0.2, 0.25) is 5.02 Å². The van der Waals surface area contributed by atoms with E-state index >= 15 is 0 Å². The molecule has 10 heteroatoms. The lowest BCUT2D eigenvalue weighted by Gasteiger charge is -2.20. The van der Waals surface area contributed by atoms with E-state index in [1.165, 1.54) is 13.8 Å². The molecular formula is C12H13ClF3NO4S. The molecule has 0 spiro atoms. The zero-order valence-corrected chi connectivity index (χ0v) is 13.1. The van der Waals surface area contributed by atoms with E-state index in [-0.39, 0.29) is 5.02 Å². The fourth-order valence-corrected chi connectivity index (χ4v) is 3.38. The average Bonchev–Trinajstić information content (AvgIpc) is 2.34. The average molecular weight is 360 g/mol. The Morgan fingerprint density at radius 1 is 1.32 bits per heavy atom. The van der Waals surface area contributed by atoms with Gasteiger partial charge in [-0.2, -0.15) is 17.9 Å². The predicted octanol–water partition coefficient (Wildman–Crippen LogP) is 2.75. The minimum absolute atomic E-state index is 0.287. The van der Waals surface area contributed by atoms with Crippen LogP contribution in [-0.2, 0) is 21.0 Å². The van der Waals surface area contributed by atoms with Gasteiger partial charge in [-0.05, 0) is 24.1 Å². The molecule has 0 saturated carbocycles. The van der Waals surface area contributed by atoms with Crippen LogP contribution in [0.15, 0.2) is 23.1 Å². The zero-order chi connectivity index (χ0) is 17.3. The van der Waals surface area contributed by atoms with Crippen molar-refractivity contribution in [2.75, 3.05) is 0 Å². The molecule has 0 fully saturated rings. The number of carboxylic acids is 1. The highest BCUT2D eigenvalue weighted by Gasteiger charge is 2.39. The number of benzene rings is 1. The van der Waals surface area contributed by atoms with Crippen molar-refractivity contribution in [3.63, 3.8) is 0 Å². The molecular weight excluding hydrogens is 347 g/mol. The van der Waals surface area contributed by atoms with Gasteiger partial charge in [0, 0.05) is 5.02 Å². The number of alkyl halides is 3. The van der Waals surface area contributed by atoms with E-state index in [9.17, 15) is 26.4 Å². The summed E-state index contributed by atoms with van der Waals surface area (Å²) in [5, 5.41) is 8.67. The van der Waals surface area contributed by atoms with Crippen LogP contribution in [0.25, 0.3) is 0 Å². The molecule has 22 heavy (non-hydrogen) atoms. The maximum atomic E-state index is 12.9. The minimum atomic E-state index is -4.95. The summed E-state index contributed by atoms with van der Waals surface area (Å²) in [6.45, 7) is 2.85. The number of aliphatic carboxylic acids is 1. The van der Waals surface area contributed by atoms with Crippen molar-refractivity contribution in [2.24, 2.45) is 5.92 Å². The van der Waals surface area contributed by atoms with E-state index < -0.39 is 44.6 Å². The van der Waals surface area contributed by atoms with Crippen LogP contribution in [0.1, 0.15) is 19.4 Å². The molecule has 0 amide bonds. The first-order valence-electron chi connectivity index (χ1n) is 5.98. The number of nitrogens with one attached hydrogen (secondary N) is 1. The third-order valence-corrected chi connectivity index (χ3v) is 4.49. The highest BCUT2D eigenvalue weighted by atomic mass is 35.5. The molecule has 0 unspecified atom stereocenters. The van der Waals surface area contributed by atoms with Crippen molar-refractivity contribution >= 4 is 27.6 Å². The molecule has 0 heterocycles. The molecule has 0 radical (unpaired) electrons. The lowest BCUT2D eigenvalue weighted by molar-refractivity contribution is -0.140. The lowest BCUT2D eigenvalue weighted by Crippen LogP contribution is -2.44. The Hall–Kier alpha value is -1.32. The second kappa shape index (κ2) is 6.43. The van der Waals surface area contributed by atoms with Crippen molar-refractivity contribution in [3.8, 4) is 0 Å². The molecule has 0 aromatic heterocycles. The van der Waals surface area contributed by atoms with Crippen molar-refractivity contribution in [3.05, 3.63) is 28.8 Å². The number of hydrogen-bond donors (Lipinski definition) is 2. The van der Waals surface area contributed by atoms with Gasteiger partial charge in [0.1, 0.15) is 6.04 Å². The number of hydrogen-bond acceptors (Lipinski definition) is 3. The largest absolute Gasteiger partial charge is 0.480 e. The molecule has 1 aromatic carbocycles. The van der Waals surface area contributed by atoms with Crippen molar-refractivity contribution in [1.29, 1.82) is 0 Å². The van der Waals surface area contributed by atoms with E-state index in [2.05, 4.69) is 0 Å². The fourth-order valence-electron chi connectivity index (χ4n) is 1.66. The second-order valence-corrected chi connectivity index (χ2v) is 6.94. The number of carbonyl (C=O) groups is 1. The molecule has 1 atom stereocenters. The SMILES string of the molecule is CC(C)[C@@H](NS(=O)(=O)c1ccc(Cl)cc1C(F)(F)F)C(=O)O. The van der Waals surface area contributed by atoms with Gasteiger partial charge >= 0.3 is 12.1 Å². The lowest BCUT2D eigenvalue weighted by atomic mass is 10.1. The van der Waals surface area contributed by atoms with Crippen LogP contribution in [0.5, 0.6) is 0 Å². The van der Waals surface area contributed by atoms with Crippen molar-refractivity contribution < 1.29 is 31.5 Å². The van der Waals surface area contributed by atoms with Crippen molar-refractivity contribution in [2.45, 2.75) is 31.0 Å². The van der Waals surface area contributed by atoms with Crippen LogP contribution >= 0.6 is 11.6 Å². The molecule has 1 aromatic rings. The van der Waals surface area contributed by atoms with E-state index in [0.29, 0.717) is 12.1 Å². The van der Waals surface area contributed by atoms with E-state index in [4.69, 9.17) is 16.7 Å². The van der Waals surface area contributed by atoms with Crippen molar-refractivity contribution in [1.82, 2.24) is 4.72 Å². The van der Waals surface area contributed by atoms with Gasteiger partial charge in [-0.15, -0.1) is 0 Å². The molecule has 124 valence electrons. The third-order valence-electron chi connectivity index (χ3n) is 2.75. The molecule has 5 nitrogen and oxygen atoms in total. The summed E-state index contributed by atoms with van der Waals surface area (Å²) in [6.07, 6.45) is -4.95. The van der Waals surface area contributed by atoms with Gasteiger partial charge < -0.3 is 5.11 Å². The van der Waals surface area contributed by atoms with Crippen LogP contribution in [0, 0.1) is 5.92 Å². The summed E-state index contributed by atoms with van der Waals surface area (Å²) in [7, 11) is -4.69. The van der Waals surface area contributed by atoms with Gasteiger partial charge in [-0.25, -0.2) is 8.42 Å². The summed E-state index contributed by atoms with van der Waals surface area (Å²) in [4.78, 5) is 9.94. The van der Waals surface area contributed by atoms with Gasteiger partial charge in [-0.3, -0.25) is 4.79 Å². The van der Waals surface area contributed by atoms with Gasteiger partial charge in [-0.1, -0.05) is 25.4 Å². The normalized spacial score (nSPS) is 14.1. The topological polar surface area (TPSA) is 83.5 Å². The molecule has 2 N–H and O–H groups in total. The fraction of sp³-hybridized carbons (Fsp3) is 0.417. The van der Waals surface area contributed by atoms with Gasteiger partial charge in [0.15, 0.2) is 0 Å². The van der Waals surface area contributed by atoms with Gasteiger partial charge in [0.2, 0.25) is 10.0 Å². The number of carboxylic acid groups (broad SMARTS) is 1. The summed E-state index contributed by atoms with van der Waals surface area (Å²) >= 11 is 5.47. The Labute approximate surface area is 130 Å². The zero-order valence-electron chi connectivity index (χ0n) is 11.5. The predicted molar refractivity (Wildman–Crippen MR) is 73.0 cm³/mol. The molecule has 1 rings (SSSR count). The Balaban J connectivity index is 3.38. The Kier molecular flexibility index (Phi) is 5.47. The standard InChI is InChI=1S/C12H13ClF3NO4S/c1-6(2)10(11(18)19)17-22(20,21)9-4-3-7(13)5-8(9)12(14,15)16/h3-6,10,17H,1-2H3,(H,18,19)/t10-/m1/s1. The first-order chi connectivity index (χ1) is 9.86. The third kappa shape index (κ3) is 4.34. The number of sulfonamides is 1. The Morgan fingerprint density at radius 3 is 2.27 bits per heavy atom. The summed E-state index contributed by atoms with van der Waals surface area (Å²) < 4.78 is 64.8. The van der Waals surface area contributed by atoms with E-state index in [0.717, 1.165) is 6.07 Å². The van der Waals surface area contributed by atoms with Crippen LogP contribution in [0.3, 0.4) is 0 Å². The maximum absolute atomic E-state index is 12.9. The smallest absolute Gasteiger partial charge is 0.417 e. The minimum Gasteiger partial charge on any atom is -0.480 e. The highest BCUT2D eigenvalue weighted by Crippen LogP contribution is 2.35. The molecule has 0 aliphatic carbocycles. The highest BCUT2D eigenvalue weighted by molar-refractivity contribution is 7.89. The Morgan fingerprint density at radius 2 is 1.86 bits per heavy atom. The molecule has 0 aliphatic heterocycles. The monoisotopic (exact) mass is 359 g/mol. The number of rotatable bonds is 5. The molecule has 0 saturated heterocycles. The van der Waals surface area contributed by atoms with E-state index in [1.54, 1.807) is 4.72 Å². The number of halogens is 4. The van der Waals surface area contributed by atoms with Gasteiger partial charge in [0.05, 0.1) is 10.5 Å². The first kappa shape index (κ1) is 18.7. The maximum Gasteiger partial charge on any atom is 0.417 e. The summed E-state index contributed by atoms with van der Waals surface area (Å²) in [5.41, 5.74) is -1.46. The second-order valence-electron chi connectivity index (χ2n) is 4.82. The quantitative estimate of drug-likeness (QED) is 0.846. The van der Waals surface area contributed by atoms with Crippen LogP contribution in [-0.4, -0.2) is 25.5 Å². The first-order valence-corrected chi connectivity index (χ1v) is 7.84. The molecule has 0 bridgehead atoms. The van der Waals surface area contributed by atoms with Crippen LogP contribution in [0.4, 0.5) is 13.2 Å². The summed E-state index contributed by atoms with van der Waals surface area (Å²) in [5.74, 6) is -2.14.